The average molecular weight is 391 g/mol. The molecule has 27 heavy (non-hydrogen) atoms. The van der Waals surface area contributed by atoms with Crippen LogP contribution in [0, 0.1) is 11.7 Å². The Labute approximate surface area is 161 Å². The highest BCUT2D eigenvalue weighted by atomic mass is 35.5. The predicted molar refractivity (Wildman–Crippen MR) is 101 cm³/mol. The van der Waals surface area contributed by atoms with Crippen LogP contribution in [-0.2, 0) is 22.4 Å². The molecule has 1 N–H and O–H groups in total. The van der Waals surface area contributed by atoms with E-state index in [0.29, 0.717) is 31.7 Å². The van der Waals surface area contributed by atoms with Gasteiger partial charge in [0.2, 0.25) is 11.9 Å². The Morgan fingerprint density at radius 1 is 1.33 bits per heavy atom. The molecule has 1 atom stereocenters. The average Bonchev–Trinajstić information content (AvgIpc) is 2.70. The zero-order valence-electron chi connectivity index (χ0n) is 14.8. The summed E-state index contributed by atoms with van der Waals surface area (Å²) in [5, 5.41) is 2.81. The summed E-state index contributed by atoms with van der Waals surface area (Å²) in [4.78, 5) is 23.9. The third kappa shape index (κ3) is 4.04. The molecule has 2 aliphatic rings. The van der Waals surface area contributed by atoms with E-state index in [1.807, 2.05) is 6.20 Å². The van der Waals surface area contributed by atoms with E-state index in [9.17, 15) is 9.18 Å². The first-order valence-electron chi connectivity index (χ1n) is 9.03. The molecule has 1 aliphatic heterocycles. The van der Waals surface area contributed by atoms with Gasteiger partial charge in [-0.3, -0.25) is 4.79 Å². The molecule has 1 aliphatic carbocycles. The minimum Gasteiger partial charge on any atom is -0.378 e. The van der Waals surface area contributed by atoms with Crippen molar-refractivity contribution < 1.29 is 13.9 Å². The van der Waals surface area contributed by atoms with Crippen LogP contribution < -0.4 is 10.2 Å². The van der Waals surface area contributed by atoms with Crippen LogP contribution in [0.5, 0.6) is 0 Å². The van der Waals surface area contributed by atoms with Gasteiger partial charge >= 0.3 is 0 Å². The number of nitrogens with one attached hydrogen (secondary N) is 1. The molecular weight excluding hydrogens is 371 g/mol. The number of halogens is 2. The SMILES string of the molecule is O=C(Nc1ccc(F)c(Cl)c1)[C@H]1CCc2nc(N3CCOCC3)ncc2C1. The number of aryl methyl sites for hydroxylation is 1. The van der Waals surface area contributed by atoms with E-state index in [2.05, 4.69) is 15.2 Å². The number of anilines is 2. The molecule has 8 heteroatoms. The van der Waals surface area contributed by atoms with Crippen molar-refractivity contribution in [1.29, 1.82) is 0 Å². The number of amides is 1. The first-order chi connectivity index (χ1) is 13.1. The fraction of sp³-hybridized carbons (Fsp3) is 0.421. The van der Waals surface area contributed by atoms with Gasteiger partial charge in [0.15, 0.2) is 0 Å². The van der Waals surface area contributed by atoms with Crippen LogP contribution in [0.15, 0.2) is 24.4 Å². The van der Waals surface area contributed by atoms with E-state index >= 15 is 0 Å². The number of rotatable bonds is 3. The second-order valence-corrected chi connectivity index (χ2v) is 7.21. The normalized spacial score (nSPS) is 19.5. The van der Waals surface area contributed by atoms with Gasteiger partial charge in [0, 0.05) is 36.6 Å². The summed E-state index contributed by atoms with van der Waals surface area (Å²) >= 11 is 5.77. The van der Waals surface area contributed by atoms with Gasteiger partial charge in [0.05, 0.1) is 18.2 Å². The van der Waals surface area contributed by atoms with Crippen LogP contribution in [0.2, 0.25) is 5.02 Å². The molecule has 2 heterocycles. The molecule has 1 amide bonds. The van der Waals surface area contributed by atoms with E-state index in [0.717, 1.165) is 36.7 Å². The summed E-state index contributed by atoms with van der Waals surface area (Å²) in [5.74, 6) is -0.0323. The Hall–Kier alpha value is -2.25. The Kier molecular flexibility index (Phi) is 5.22. The van der Waals surface area contributed by atoms with E-state index in [1.54, 1.807) is 0 Å². The van der Waals surface area contributed by atoms with Crippen LogP contribution in [-0.4, -0.2) is 42.2 Å². The van der Waals surface area contributed by atoms with Gasteiger partial charge in [-0.05, 0) is 43.0 Å². The fourth-order valence-electron chi connectivity index (χ4n) is 3.45. The number of carbonyl (C=O) groups is 1. The first-order valence-corrected chi connectivity index (χ1v) is 9.41. The number of benzene rings is 1. The molecule has 4 rings (SSSR count). The maximum Gasteiger partial charge on any atom is 0.227 e. The number of morpholine rings is 1. The molecule has 0 saturated carbocycles. The molecule has 1 fully saturated rings. The van der Waals surface area contributed by atoms with E-state index in [1.165, 1.54) is 18.2 Å². The lowest BCUT2D eigenvalue weighted by Gasteiger charge is -2.28. The lowest BCUT2D eigenvalue weighted by Crippen LogP contribution is -2.38. The molecule has 2 aromatic rings. The molecule has 142 valence electrons. The largest absolute Gasteiger partial charge is 0.378 e. The zero-order valence-corrected chi connectivity index (χ0v) is 15.5. The molecule has 1 aromatic carbocycles. The van der Waals surface area contributed by atoms with Gasteiger partial charge in [0.1, 0.15) is 5.82 Å². The Morgan fingerprint density at radius 3 is 2.93 bits per heavy atom. The zero-order chi connectivity index (χ0) is 18.8. The first kappa shape index (κ1) is 18.1. The van der Waals surface area contributed by atoms with Crippen molar-refractivity contribution in [2.24, 2.45) is 5.92 Å². The minimum atomic E-state index is -0.505. The Bertz CT molecular complexity index is 858. The van der Waals surface area contributed by atoms with Gasteiger partial charge < -0.3 is 15.0 Å². The lowest BCUT2D eigenvalue weighted by molar-refractivity contribution is -0.120. The second-order valence-electron chi connectivity index (χ2n) is 6.80. The van der Waals surface area contributed by atoms with Crippen molar-refractivity contribution in [2.75, 3.05) is 36.5 Å². The van der Waals surface area contributed by atoms with Crippen LogP contribution >= 0.6 is 11.6 Å². The highest BCUT2D eigenvalue weighted by Crippen LogP contribution is 2.27. The highest BCUT2D eigenvalue weighted by Gasteiger charge is 2.27. The number of aromatic nitrogens is 2. The summed E-state index contributed by atoms with van der Waals surface area (Å²) in [6.45, 7) is 2.97. The lowest BCUT2D eigenvalue weighted by atomic mass is 9.86. The Balaban J connectivity index is 1.43. The number of carbonyl (C=O) groups excluding carboxylic acids is 1. The summed E-state index contributed by atoms with van der Waals surface area (Å²) in [7, 11) is 0. The third-order valence-corrected chi connectivity index (χ3v) is 5.28. The van der Waals surface area contributed by atoms with E-state index < -0.39 is 5.82 Å². The highest BCUT2D eigenvalue weighted by molar-refractivity contribution is 6.31. The van der Waals surface area contributed by atoms with Crippen molar-refractivity contribution in [3.8, 4) is 0 Å². The maximum absolute atomic E-state index is 13.3. The van der Waals surface area contributed by atoms with Crippen molar-refractivity contribution in [1.82, 2.24) is 9.97 Å². The van der Waals surface area contributed by atoms with Crippen molar-refractivity contribution in [3.05, 3.63) is 46.5 Å². The predicted octanol–water partition coefficient (Wildman–Crippen LogP) is 2.85. The second kappa shape index (κ2) is 7.78. The van der Waals surface area contributed by atoms with Crippen molar-refractivity contribution in [3.63, 3.8) is 0 Å². The van der Waals surface area contributed by atoms with Crippen LogP contribution in [0.1, 0.15) is 17.7 Å². The number of ether oxygens (including phenoxy) is 1. The van der Waals surface area contributed by atoms with Crippen LogP contribution in [0.3, 0.4) is 0 Å². The fourth-order valence-corrected chi connectivity index (χ4v) is 3.64. The molecule has 1 saturated heterocycles. The van der Waals surface area contributed by atoms with Gasteiger partial charge in [-0.15, -0.1) is 0 Å². The number of hydrogen-bond donors (Lipinski definition) is 1. The molecule has 0 radical (unpaired) electrons. The van der Waals surface area contributed by atoms with Crippen LogP contribution in [0.25, 0.3) is 0 Å². The third-order valence-electron chi connectivity index (χ3n) is 4.99. The topological polar surface area (TPSA) is 67.4 Å². The molecular formula is C19H20ClFN4O2. The standard InChI is InChI=1S/C19H20ClFN4O2/c20-15-10-14(2-3-16(15)21)23-18(26)12-1-4-17-13(9-12)11-22-19(24-17)25-5-7-27-8-6-25/h2-3,10-12H,1,4-9H2,(H,23,26)/t12-/m0/s1. The number of nitrogens with zero attached hydrogens (tertiary/aromatic N) is 3. The molecule has 1 aromatic heterocycles. The van der Waals surface area contributed by atoms with Crippen molar-refractivity contribution >= 4 is 29.1 Å². The van der Waals surface area contributed by atoms with Crippen LogP contribution in [0.4, 0.5) is 16.0 Å². The molecule has 6 nitrogen and oxygen atoms in total. The minimum absolute atomic E-state index is 0.00849. The van der Waals surface area contributed by atoms with Gasteiger partial charge in [0.25, 0.3) is 0 Å². The van der Waals surface area contributed by atoms with E-state index in [-0.39, 0.29) is 16.8 Å². The maximum atomic E-state index is 13.3. The summed E-state index contributed by atoms with van der Waals surface area (Å²) in [6, 6.07) is 4.17. The van der Waals surface area contributed by atoms with E-state index in [4.69, 9.17) is 21.3 Å². The van der Waals surface area contributed by atoms with Crippen molar-refractivity contribution in [2.45, 2.75) is 19.3 Å². The molecule has 0 bridgehead atoms. The monoisotopic (exact) mass is 390 g/mol. The van der Waals surface area contributed by atoms with Gasteiger partial charge in [-0.25, -0.2) is 14.4 Å². The smallest absolute Gasteiger partial charge is 0.227 e. The summed E-state index contributed by atoms with van der Waals surface area (Å²) in [5.41, 5.74) is 2.52. The Morgan fingerprint density at radius 2 is 2.15 bits per heavy atom. The number of fused-ring (bicyclic) bond motifs is 1. The quantitative estimate of drug-likeness (QED) is 0.872. The molecule has 0 unspecified atom stereocenters. The van der Waals surface area contributed by atoms with Gasteiger partial charge in [-0.2, -0.15) is 0 Å². The number of hydrogen-bond acceptors (Lipinski definition) is 5. The van der Waals surface area contributed by atoms with Gasteiger partial charge in [-0.1, -0.05) is 11.6 Å². The summed E-state index contributed by atoms with van der Waals surface area (Å²) in [6.07, 6.45) is 3.88. The molecule has 0 spiro atoms. The summed E-state index contributed by atoms with van der Waals surface area (Å²) < 4.78 is 18.6.